The lowest BCUT2D eigenvalue weighted by atomic mass is 9.81. The highest BCUT2D eigenvalue weighted by Crippen LogP contribution is 2.43. The van der Waals surface area contributed by atoms with E-state index in [1.807, 2.05) is 0 Å². The molecule has 0 saturated heterocycles. The van der Waals surface area contributed by atoms with Gasteiger partial charge in [-0.15, -0.1) is 0 Å². The van der Waals surface area contributed by atoms with E-state index >= 15 is 0 Å². The third-order valence-electron chi connectivity index (χ3n) is 4.28. The van der Waals surface area contributed by atoms with Crippen LogP contribution in [-0.2, 0) is 10.2 Å². The monoisotopic (exact) mass is 262 g/mol. The van der Waals surface area contributed by atoms with Crippen LogP contribution in [-0.4, -0.2) is 37.7 Å². The SMILES string of the molecule is COCC[N+]1=C(C)C(C)(C)c2cc(OC)cc(C)c21. The molecule has 0 fully saturated rings. The largest absolute Gasteiger partial charge is 0.497 e. The Morgan fingerprint density at radius 3 is 2.42 bits per heavy atom. The summed E-state index contributed by atoms with van der Waals surface area (Å²) in [5.74, 6) is 0.936. The Kier molecular flexibility index (Phi) is 3.68. The molecule has 0 saturated carbocycles. The zero-order valence-electron chi connectivity index (χ0n) is 12.8. The molecule has 0 atom stereocenters. The second-order valence-electron chi connectivity index (χ2n) is 5.70. The summed E-state index contributed by atoms with van der Waals surface area (Å²) in [4.78, 5) is 0. The van der Waals surface area contributed by atoms with Crippen LogP contribution in [0.15, 0.2) is 12.1 Å². The van der Waals surface area contributed by atoms with Gasteiger partial charge in [0.2, 0.25) is 5.69 Å². The molecule has 0 spiro atoms. The van der Waals surface area contributed by atoms with Crippen LogP contribution in [0, 0.1) is 6.92 Å². The fraction of sp³-hybridized carbons (Fsp3) is 0.562. The van der Waals surface area contributed by atoms with Crippen molar-refractivity contribution in [1.29, 1.82) is 0 Å². The fourth-order valence-electron chi connectivity index (χ4n) is 2.86. The first-order chi connectivity index (χ1) is 8.93. The number of fused-ring (bicyclic) bond motifs is 1. The molecule has 1 aliphatic rings. The first-order valence-corrected chi connectivity index (χ1v) is 6.73. The molecule has 0 unspecified atom stereocenters. The van der Waals surface area contributed by atoms with Crippen molar-refractivity contribution in [2.24, 2.45) is 0 Å². The maximum atomic E-state index is 5.41. The van der Waals surface area contributed by atoms with Crippen LogP contribution in [0.3, 0.4) is 0 Å². The maximum Gasteiger partial charge on any atom is 0.212 e. The summed E-state index contributed by atoms with van der Waals surface area (Å²) in [6, 6.07) is 4.27. The first kappa shape index (κ1) is 14.1. The number of aryl methyl sites for hydroxylation is 1. The van der Waals surface area contributed by atoms with Gasteiger partial charge in [0, 0.05) is 25.2 Å². The molecule has 3 heteroatoms. The smallest absolute Gasteiger partial charge is 0.212 e. The van der Waals surface area contributed by atoms with Gasteiger partial charge in [-0.3, -0.25) is 0 Å². The topological polar surface area (TPSA) is 21.5 Å². The molecule has 3 nitrogen and oxygen atoms in total. The predicted octanol–water partition coefficient (Wildman–Crippen LogP) is 3.05. The molecular weight excluding hydrogens is 238 g/mol. The summed E-state index contributed by atoms with van der Waals surface area (Å²) in [6.07, 6.45) is 0. The van der Waals surface area contributed by atoms with Gasteiger partial charge in [-0.2, -0.15) is 4.58 Å². The lowest BCUT2D eigenvalue weighted by Crippen LogP contribution is -2.27. The predicted molar refractivity (Wildman–Crippen MR) is 78.1 cm³/mol. The highest BCUT2D eigenvalue weighted by molar-refractivity contribution is 5.94. The van der Waals surface area contributed by atoms with Crippen LogP contribution in [0.1, 0.15) is 31.9 Å². The van der Waals surface area contributed by atoms with E-state index in [0.717, 1.165) is 18.9 Å². The zero-order chi connectivity index (χ0) is 14.2. The van der Waals surface area contributed by atoms with E-state index in [-0.39, 0.29) is 5.41 Å². The average Bonchev–Trinajstić information content (AvgIpc) is 2.57. The number of hydrogen-bond acceptors (Lipinski definition) is 2. The van der Waals surface area contributed by atoms with Gasteiger partial charge in [-0.1, -0.05) is 0 Å². The van der Waals surface area contributed by atoms with Crippen molar-refractivity contribution in [3.8, 4) is 5.75 Å². The van der Waals surface area contributed by atoms with Crippen molar-refractivity contribution >= 4 is 11.4 Å². The Balaban J connectivity index is 2.59. The average molecular weight is 262 g/mol. The van der Waals surface area contributed by atoms with Crippen molar-refractivity contribution in [2.45, 2.75) is 33.1 Å². The standard InChI is InChI=1S/C16H24NO2/c1-11-9-13(19-6)10-14-15(11)17(7-8-18-5)12(2)16(14,3)4/h9-10H,7-8H2,1-6H3/q+1. The molecule has 0 bridgehead atoms. The minimum atomic E-state index is 0.0440. The summed E-state index contributed by atoms with van der Waals surface area (Å²) >= 11 is 0. The lowest BCUT2D eigenvalue weighted by Gasteiger charge is -2.16. The van der Waals surface area contributed by atoms with E-state index < -0.39 is 0 Å². The third-order valence-corrected chi connectivity index (χ3v) is 4.28. The fourth-order valence-corrected chi connectivity index (χ4v) is 2.86. The van der Waals surface area contributed by atoms with Gasteiger partial charge in [-0.05, 0) is 32.9 Å². The molecule has 1 aliphatic heterocycles. The number of rotatable bonds is 4. The van der Waals surface area contributed by atoms with Gasteiger partial charge in [0.05, 0.1) is 12.5 Å². The van der Waals surface area contributed by atoms with E-state index in [1.54, 1.807) is 14.2 Å². The number of benzene rings is 1. The molecule has 1 aromatic carbocycles. The van der Waals surface area contributed by atoms with Crippen molar-refractivity contribution < 1.29 is 14.0 Å². The molecular formula is C16H24NO2+. The third kappa shape index (κ3) is 2.16. The van der Waals surface area contributed by atoms with Crippen molar-refractivity contribution in [3.63, 3.8) is 0 Å². The Morgan fingerprint density at radius 1 is 1.16 bits per heavy atom. The van der Waals surface area contributed by atoms with Crippen LogP contribution in [0.4, 0.5) is 5.69 Å². The maximum absolute atomic E-state index is 5.41. The van der Waals surface area contributed by atoms with E-state index in [4.69, 9.17) is 9.47 Å². The summed E-state index contributed by atoms with van der Waals surface area (Å²) in [5, 5.41) is 0. The van der Waals surface area contributed by atoms with Crippen molar-refractivity contribution in [3.05, 3.63) is 23.3 Å². The van der Waals surface area contributed by atoms with Gasteiger partial charge in [-0.25, -0.2) is 0 Å². The Labute approximate surface area is 115 Å². The van der Waals surface area contributed by atoms with Crippen LogP contribution >= 0.6 is 0 Å². The van der Waals surface area contributed by atoms with E-state index in [9.17, 15) is 0 Å². The summed E-state index contributed by atoms with van der Waals surface area (Å²) in [7, 11) is 3.47. The second-order valence-corrected chi connectivity index (χ2v) is 5.70. The second kappa shape index (κ2) is 4.97. The zero-order valence-corrected chi connectivity index (χ0v) is 12.8. The molecule has 2 rings (SSSR count). The molecule has 0 radical (unpaired) electrons. The lowest BCUT2D eigenvalue weighted by molar-refractivity contribution is -0.443. The summed E-state index contributed by atoms with van der Waals surface area (Å²) < 4.78 is 13.0. The van der Waals surface area contributed by atoms with E-state index in [0.29, 0.717) is 0 Å². The van der Waals surface area contributed by atoms with Crippen LogP contribution in [0.25, 0.3) is 0 Å². The van der Waals surface area contributed by atoms with Gasteiger partial charge < -0.3 is 9.47 Å². The Morgan fingerprint density at radius 2 is 1.84 bits per heavy atom. The molecule has 0 amide bonds. The highest BCUT2D eigenvalue weighted by Gasteiger charge is 2.44. The summed E-state index contributed by atoms with van der Waals surface area (Å²) in [6.45, 7) is 10.5. The molecule has 1 aromatic rings. The van der Waals surface area contributed by atoms with Gasteiger partial charge in [0.15, 0.2) is 12.3 Å². The molecule has 1 heterocycles. The van der Waals surface area contributed by atoms with Crippen molar-refractivity contribution in [1.82, 2.24) is 0 Å². The first-order valence-electron chi connectivity index (χ1n) is 6.73. The number of methoxy groups -OCH3 is 2. The molecule has 0 aromatic heterocycles. The quantitative estimate of drug-likeness (QED) is 0.778. The Hall–Kier alpha value is -1.35. The van der Waals surface area contributed by atoms with Crippen LogP contribution < -0.4 is 4.74 Å². The molecule has 19 heavy (non-hydrogen) atoms. The Bertz CT molecular complexity index is 530. The normalized spacial score (nSPS) is 16.7. The number of ether oxygens (including phenoxy) is 2. The van der Waals surface area contributed by atoms with Crippen LogP contribution in [0.5, 0.6) is 5.75 Å². The minimum absolute atomic E-state index is 0.0440. The number of nitrogens with zero attached hydrogens (tertiary/aromatic N) is 1. The highest BCUT2D eigenvalue weighted by atomic mass is 16.5. The van der Waals surface area contributed by atoms with Gasteiger partial charge >= 0.3 is 0 Å². The molecule has 0 aliphatic carbocycles. The van der Waals surface area contributed by atoms with Crippen molar-refractivity contribution in [2.75, 3.05) is 27.4 Å². The van der Waals surface area contributed by atoms with E-state index in [2.05, 4.69) is 44.4 Å². The molecule has 0 N–H and O–H groups in total. The van der Waals surface area contributed by atoms with E-state index in [1.165, 1.54) is 22.5 Å². The minimum Gasteiger partial charge on any atom is -0.497 e. The van der Waals surface area contributed by atoms with Crippen LogP contribution in [0.2, 0.25) is 0 Å². The summed E-state index contributed by atoms with van der Waals surface area (Å²) in [5.41, 5.74) is 5.34. The van der Waals surface area contributed by atoms with Gasteiger partial charge in [0.1, 0.15) is 12.4 Å². The number of hydrogen-bond donors (Lipinski definition) is 0. The molecule has 104 valence electrons. The van der Waals surface area contributed by atoms with Gasteiger partial charge in [0.25, 0.3) is 0 Å².